The molecule has 0 bridgehead atoms. The van der Waals surface area contributed by atoms with Crippen LogP contribution in [0.2, 0.25) is 0 Å². The minimum absolute atomic E-state index is 0.0130. The molecular weight excluding hydrogens is 420 g/mol. The van der Waals surface area contributed by atoms with Crippen LogP contribution in [0, 0.1) is 23.5 Å². The Labute approximate surface area is 183 Å². The van der Waals surface area contributed by atoms with Crippen LogP contribution in [0.15, 0.2) is 41.5 Å². The predicted molar refractivity (Wildman–Crippen MR) is 115 cm³/mol. The van der Waals surface area contributed by atoms with Gasteiger partial charge >= 0.3 is 5.97 Å². The number of nitrogens with two attached hydrogens (primary N) is 1. The zero-order valence-corrected chi connectivity index (χ0v) is 17.6. The lowest BCUT2D eigenvalue weighted by atomic mass is 9.99. The highest BCUT2D eigenvalue weighted by molar-refractivity contribution is 6.44. The summed E-state index contributed by atoms with van der Waals surface area (Å²) in [6.07, 6.45) is 2.20. The first-order valence-electron chi connectivity index (χ1n) is 9.94. The first-order chi connectivity index (χ1) is 15.2. The van der Waals surface area contributed by atoms with Gasteiger partial charge in [0.1, 0.15) is 11.5 Å². The fourth-order valence-corrected chi connectivity index (χ4v) is 3.45. The van der Waals surface area contributed by atoms with Crippen molar-refractivity contribution < 1.29 is 23.5 Å². The number of carboxylic acids is 1. The standard InChI is InChI=1S/C22H23F2N5O3/c1-12-10-29(11-15(12)22(31)32)21-17(24)9-27-20(28-21)18(25)7-19(13(2)30)26-8-14-5-3-4-6-16(14)23/h3-7,9,12,15H,8,10-11,25H2,1-2H3,(H,31,32). The number of ketones is 1. The third kappa shape index (κ3) is 5.13. The topological polar surface area (TPSA) is 122 Å². The number of aliphatic carboxylic acids is 1. The quantitative estimate of drug-likeness (QED) is 0.630. The van der Waals surface area contributed by atoms with Crippen molar-refractivity contribution in [1.82, 2.24) is 9.97 Å². The molecule has 1 aromatic heterocycles. The monoisotopic (exact) mass is 443 g/mol. The fraction of sp³-hybridized carbons (Fsp3) is 0.318. The molecule has 8 nitrogen and oxygen atoms in total. The number of carbonyl (C=O) groups is 2. The Morgan fingerprint density at radius 2 is 2.00 bits per heavy atom. The number of aliphatic imine (C=N–C) groups is 1. The maximum atomic E-state index is 14.4. The van der Waals surface area contributed by atoms with Gasteiger partial charge in [-0.3, -0.25) is 14.6 Å². The average Bonchev–Trinajstić information content (AvgIpc) is 3.13. The van der Waals surface area contributed by atoms with E-state index in [1.165, 1.54) is 24.0 Å². The smallest absolute Gasteiger partial charge is 0.308 e. The third-order valence-corrected chi connectivity index (χ3v) is 5.24. The van der Waals surface area contributed by atoms with E-state index in [0.29, 0.717) is 12.1 Å². The van der Waals surface area contributed by atoms with Crippen molar-refractivity contribution in [1.29, 1.82) is 0 Å². The van der Waals surface area contributed by atoms with Crippen LogP contribution >= 0.6 is 0 Å². The second-order valence-electron chi connectivity index (χ2n) is 7.64. The summed E-state index contributed by atoms with van der Waals surface area (Å²) in [4.78, 5) is 37.1. The molecule has 3 N–H and O–H groups in total. The van der Waals surface area contributed by atoms with Gasteiger partial charge in [-0.2, -0.15) is 0 Å². The van der Waals surface area contributed by atoms with Crippen molar-refractivity contribution in [3.8, 4) is 0 Å². The molecule has 0 spiro atoms. The highest BCUT2D eigenvalue weighted by Gasteiger charge is 2.36. The number of nitrogens with zero attached hydrogens (tertiary/aromatic N) is 4. The van der Waals surface area contributed by atoms with Gasteiger partial charge < -0.3 is 15.7 Å². The van der Waals surface area contributed by atoms with E-state index >= 15 is 0 Å². The molecule has 2 aromatic rings. The van der Waals surface area contributed by atoms with Gasteiger partial charge in [0.15, 0.2) is 23.2 Å². The lowest BCUT2D eigenvalue weighted by molar-refractivity contribution is -0.142. The van der Waals surface area contributed by atoms with Gasteiger partial charge in [0.2, 0.25) is 0 Å². The van der Waals surface area contributed by atoms with Crippen molar-refractivity contribution >= 4 is 29.0 Å². The largest absolute Gasteiger partial charge is 0.481 e. The summed E-state index contributed by atoms with van der Waals surface area (Å²) in [5.41, 5.74) is 6.32. The van der Waals surface area contributed by atoms with Gasteiger partial charge in [0, 0.05) is 25.6 Å². The van der Waals surface area contributed by atoms with Gasteiger partial charge in [-0.25, -0.2) is 18.7 Å². The first-order valence-corrected chi connectivity index (χ1v) is 9.94. The molecule has 0 saturated carbocycles. The Morgan fingerprint density at radius 1 is 1.28 bits per heavy atom. The predicted octanol–water partition coefficient (Wildman–Crippen LogP) is 2.44. The number of aromatic nitrogens is 2. The Kier molecular flexibility index (Phi) is 6.92. The summed E-state index contributed by atoms with van der Waals surface area (Å²) < 4.78 is 28.2. The summed E-state index contributed by atoms with van der Waals surface area (Å²) >= 11 is 0. The van der Waals surface area contributed by atoms with Crippen molar-refractivity contribution in [2.75, 3.05) is 18.0 Å². The number of hydrogen-bond acceptors (Lipinski definition) is 7. The number of carbonyl (C=O) groups excluding carboxylic acids is 1. The molecule has 3 rings (SSSR count). The van der Waals surface area contributed by atoms with Crippen molar-refractivity contribution in [2.45, 2.75) is 20.4 Å². The lowest BCUT2D eigenvalue weighted by Gasteiger charge is -2.18. The Morgan fingerprint density at radius 3 is 2.62 bits per heavy atom. The Hall–Kier alpha value is -3.69. The SMILES string of the molecule is CC(=O)C(C=C(N)c1ncc(F)c(N2CC(C)C(C(=O)O)C2)n1)=NCc1ccccc1F. The molecule has 2 unspecified atom stereocenters. The zero-order valence-electron chi connectivity index (χ0n) is 17.6. The molecular formula is C22H23F2N5O3. The van der Waals surface area contributed by atoms with E-state index in [0.717, 1.165) is 6.20 Å². The van der Waals surface area contributed by atoms with Crippen LogP contribution in [-0.4, -0.2) is 45.6 Å². The number of hydrogen-bond donors (Lipinski definition) is 2. The van der Waals surface area contributed by atoms with Gasteiger partial charge in [-0.05, 0) is 18.1 Å². The molecule has 1 aliphatic heterocycles. The maximum Gasteiger partial charge on any atom is 0.308 e. The Bertz CT molecular complexity index is 1100. The first kappa shape index (κ1) is 23.0. The van der Waals surface area contributed by atoms with E-state index in [9.17, 15) is 23.5 Å². The van der Waals surface area contributed by atoms with E-state index in [1.807, 2.05) is 0 Å². The lowest BCUT2D eigenvalue weighted by Crippen LogP contribution is -2.25. The molecule has 10 heteroatoms. The zero-order chi connectivity index (χ0) is 23.4. The van der Waals surface area contributed by atoms with Crippen LogP contribution in [0.1, 0.15) is 25.2 Å². The van der Waals surface area contributed by atoms with E-state index in [4.69, 9.17) is 5.73 Å². The van der Waals surface area contributed by atoms with Crippen LogP contribution < -0.4 is 10.6 Å². The number of rotatable bonds is 7. The van der Waals surface area contributed by atoms with Crippen LogP contribution in [0.25, 0.3) is 5.70 Å². The van der Waals surface area contributed by atoms with E-state index < -0.39 is 29.3 Å². The molecule has 2 heterocycles. The number of allylic oxidation sites excluding steroid dienone is 1. The Balaban J connectivity index is 1.87. The van der Waals surface area contributed by atoms with Gasteiger partial charge in [-0.1, -0.05) is 25.1 Å². The molecule has 1 saturated heterocycles. The summed E-state index contributed by atoms with van der Waals surface area (Å²) in [5, 5.41) is 9.31. The van der Waals surface area contributed by atoms with Crippen LogP contribution in [0.4, 0.5) is 14.6 Å². The molecule has 0 radical (unpaired) electrons. The van der Waals surface area contributed by atoms with Gasteiger partial charge in [-0.15, -0.1) is 0 Å². The molecule has 0 amide bonds. The minimum Gasteiger partial charge on any atom is -0.481 e. The van der Waals surface area contributed by atoms with Gasteiger partial charge in [0.25, 0.3) is 0 Å². The van der Waals surface area contributed by atoms with Gasteiger partial charge in [0.05, 0.1) is 24.4 Å². The molecule has 1 fully saturated rings. The summed E-state index contributed by atoms with van der Waals surface area (Å²) in [6, 6.07) is 6.06. The second kappa shape index (κ2) is 9.63. The van der Waals surface area contributed by atoms with E-state index in [1.54, 1.807) is 25.1 Å². The fourth-order valence-electron chi connectivity index (χ4n) is 3.45. The summed E-state index contributed by atoms with van der Waals surface area (Å²) in [7, 11) is 0. The minimum atomic E-state index is -0.953. The molecule has 1 aliphatic rings. The van der Waals surface area contributed by atoms with Crippen LogP contribution in [0.3, 0.4) is 0 Å². The van der Waals surface area contributed by atoms with Crippen molar-refractivity contribution in [2.24, 2.45) is 22.6 Å². The van der Waals surface area contributed by atoms with E-state index in [-0.39, 0.29) is 42.1 Å². The molecule has 1 aromatic carbocycles. The second-order valence-corrected chi connectivity index (χ2v) is 7.64. The summed E-state index contributed by atoms with van der Waals surface area (Å²) in [6.45, 7) is 3.42. The maximum absolute atomic E-state index is 14.4. The number of benzene rings is 1. The number of anilines is 1. The molecule has 2 atom stereocenters. The van der Waals surface area contributed by atoms with Crippen LogP contribution in [-0.2, 0) is 16.1 Å². The molecule has 32 heavy (non-hydrogen) atoms. The normalized spacial score (nSPS) is 19.3. The number of Topliss-reactive ketones (excluding diaryl/α,β-unsaturated/α-hetero) is 1. The van der Waals surface area contributed by atoms with Crippen LogP contribution in [0.5, 0.6) is 0 Å². The average molecular weight is 443 g/mol. The summed E-state index contributed by atoms with van der Waals surface area (Å²) in [5.74, 6) is -3.43. The highest BCUT2D eigenvalue weighted by atomic mass is 19.1. The highest BCUT2D eigenvalue weighted by Crippen LogP contribution is 2.29. The molecule has 168 valence electrons. The number of carboxylic acid groups (broad SMARTS) is 1. The van der Waals surface area contributed by atoms with E-state index in [2.05, 4.69) is 15.0 Å². The molecule has 0 aliphatic carbocycles. The van der Waals surface area contributed by atoms with Crippen molar-refractivity contribution in [3.63, 3.8) is 0 Å². The number of halogens is 2. The third-order valence-electron chi connectivity index (χ3n) is 5.24. The van der Waals surface area contributed by atoms with Crippen molar-refractivity contribution in [3.05, 3.63) is 59.6 Å².